The lowest BCUT2D eigenvalue weighted by molar-refractivity contribution is -0.134. The molecule has 0 atom stereocenters. The standard InChI is InChI=1S/C25H31NO3/c1-20(27)7-8-22-11-13-24(14-12-22)29-19-25(28)26-17-15-23(16-18-26)10-9-21-5-3-2-4-6-21/h2-6,11-14,23H,7-10,15-19H2,1H3. The van der Waals surface area contributed by atoms with Crippen molar-refractivity contribution < 1.29 is 14.3 Å². The third-order valence-corrected chi connectivity index (χ3v) is 5.70. The first-order chi connectivity index (χ1) is 14.1. The lowest BCUT2D eigenvalue weighted by Gasteiger charge is -2.32. The van der Waals surface area contributed by atoms with E-state index < -0.39 is 0 Å². The number of amides is 1. The molecule has 29 heavy (non-hydrogen) atoms. The van der Waals surface area contributed by atoms with Crippen LogP contribution in [0.3, 0.4) is 0 Å². The Bertz CT molecular complexity index is 777. The number of ketones is 1. The van der Waals surface area contributed by atoms with E-state index in [0.29, 0.717) is 18.1 Å². The topological polar surface area (TPSA) is 46.6 Å². The van der Waals surface area contributed by atoms with Crippen LogP contribution in [0.5, 0.6) is 5.75 Å². The Morgan fingerprint density at radius 3 is 2.24 bits per heavy atom. The summed E-state index contributed by atoms with van der Waals surface area (Å²) in [6.45, 7) is 3.34. The number of hydrogen-bond acceptors (Lipinski definition) is 3. The molecule has 0 aromatic heterocycles. The first kappa shape index (κ1) is 21.1. The average Bonchev–Trinajstić information content (AvgIpc) is 2.76. The quantitative estimate of drug-likeness (QED) is 0.632. The average molecular weight is 394 g/mol. The molecule has 0 unspecified atom stereocenters. The van der Waals surface area contributed by atoms with Gasteiger partial charge in [-0.25, -0.2) is 0 Å². The second-order valence-corrected chi connectivity index (χ2v) is 7.98. The summed E-state index contributed by atoms with van der Waals surface area (Å²) in [4.78, 5) is 25.5. The molecule has 0 bridgehead atoms. The van der Waals surface area contributed by atoms with Gasteiger partial charge in [0.1, 0.15) is 11.5 Å². The summed E-state index contributed by atoms with van der Waals surface area (Å²) in [5, 5.41) is 0. The van der Waals surface area contributed by atoms with E-state index in [0.717, 1.165) is 44.3 Å². The highest BCUT2D eigenvalue weighted by molar-refractivity contribution is 5.78. The molecule has 4 nitrogen and oxygen atoms in total. The molecule has 1 saturated heterocycles. The highest BCUT2D eigenvalue weighted by Gasteiger charge is 2.22. The Morgan fingerprint density at radius 1 is 0.931 bits per heavy atom. The van der Waals surface area contributed by atoms with Gasteiger partial charge in [0.2, 0.25) is 0 Å². The van der Waals surface area contributed by atoms with Gasteiger partial charge in [0, 0.05) is 19.5 Å². The van der Waals surface area contributed by atoms with E-state index in [1.807, 2.05) is 29.2 Å². The first-order valence-electron chi connectivity index (χ1n) is 10.6. The van der Waals surface area contributed by atoms with E-state index in [4.69, 9.17) is 4.74 Å². The van der Waals surface area contributed by atoms with Crippen molar-refractivity contribution in [3.8, 4) is 5.75 Å². The molecule has 154 valence electrons. The number of likely N-dealkylation sites (tertiary alicyclic amines) is 1. The predicted octanol–water partition coefficient (Wildman–Crippen LogP) is 4.46. The van der Waals surface area contributed by atoms with Crippen LogP contribution in [0.2, 0.25) is 0 Å². The summed E-state index contributed by atoms with van der Waals surface area (Å²) >= 11 is 0. The molecular formula is C25H31NO3. The number of carbonyl (C=O) groups excluding carboxylic acids is 2. The van der Waals surface area contributed by atoms with Gasteiger partial charge in [-0.1, -0.05) is 42.5 Å². The van der Waals surface area contributed by atoms with Crippen molar-refractivity contribution in [2.45, 2.75) is 45.4 Å². The molecule has 1 heterocycles. The van der Waals surface area contributed by atoms with Crippen LogP contribution in [0.4, 0.5) is 0 Å². The number of hydrogen-bond donors (Lipinski definition) is 0. The number of benzene rings is 2. The van der Waals surface area contributed by atoms with Crippen LogP contribution in [-0.2, 0) is 22.4 Å². The first-order valence-corrected chi connectivity index (χ1v) is 10.6. The minimum atomic E-state index is 0.0622. The predicted molar refractivity (Wildman–Crippen MR) is 115 cm³/mol. The van der Waals surface area contributed by atoms with Gasteiger partial charge in [-0.2, -0.15) is 0 Å². The lowest BCUT2D eigenvalue weighted by atomic mass is 9.90. The highest BCUT2D eigenvalue weighted by Crippen LogP contribution is 2.23. The number of carbonyl (C=O) groups is 2. The monoisotopic (exact) mass is 393 g/mol. The molecule has 0 spiro atoms. The van der Waals surface area contributed by atoms with Gasteiger partial charge in [0.05, 0.1) is 0 Å². The van der Waals surface area contributed by atoms with Gasteiger partial charge in [0.15, 0.2) is 6.61 Å². The largest absolute Gasteiger partial charge is 0.484 e. The Hall–Kier alpha value is -2.62. The van der Waals surface area contributed by atoms with Gasteiger partial charge < -0.3 is 14.4 Å². The van der Waals surface area contributed by atoms with E-state index in [1.54, 1.807) is 6.92 Å². The zero-order chi connectivity index (χ0) is 20.5. The summed E-state index contributed by atoms with van der Waals surface area (Å²) in [6, 6.07) is 18.3. The minimum absolute atomic E-state index is 0.0622. The maximum absolute atomic E-state index is 12.5. The van der Waals surface area contributed by atoms with Crippen molar-refractivity contribution >= 4 is 11.7 Å². The van der Waals surface area contributed by atoms with Crippen LogP contribution in [0.25, 0.3) is 0 Å². The van der Waals surface area contributed by atoms with E-state index >= 15 is 0 Å². The van der Waals surface area contributed by atoms with Crippen LogP contribution in [0, 0.1) is 5.92 Å². The highest BCUT2D eigenvalue weighted by atomic mass is 16.5. The van der Waals surface area contributed by atoms with Gasteiger partial charge in [-0.15, -0.1) is 0 Å². The lowest BCUT2D eigenvalue weighted by Crippen LogP contribution is -2.41. The van der Waals surface area contributed by atoms with Crippen molar-refractivity contribution in [1.82, 2.24) is 4.90 Å². The van der Waals surface area contributed by atoms with E-state index in [1.165, 1.54) is 12.0 Å². The minimum Gasteiger partial charge on any atom is -0.484 e. The van der Waals surface area contributed by atoms with Gasteiger partial charge in [-0.3, -0.25) is 4.79 Å². The van der Waals surface area contributed by atoms with Gasteiger partial charge in [-0.05, 0) is 68.2 Å². The molecule has 1 amide bonds. The van der Waals surface area contributed by atoms with Crippen molar-refractivity contribution in [3.63, 3.8) is 0 Å². The van der Waals surface area contributed by atoms with Crippen LogP contribution in [-0.4, -0.2) is 36.3 Å². The number of rotatable bonds is 9. The smallest absolute Gasteiger partial charge is 0.260 e. The van der Waals surface area contributed by atoms with Crippen molar-refractivity contribution in [1.29, 1.82) is 0 Å². The van der Waals surface area contributed by atoms with Crippen LogP contribution >= 0.6 is 0 Å². The summed E-state index contributed by atoms with van der Waals surface area (Å²) < 4.78 is 5.68. The van der Waals surface area contributed by atoms with E-state index in [-0.39, 0.29) is 18.3 Å². The molecule has 0 radical (unpaired) electrons. The van der Waals surface area contributed by atoms with Crippen LogP contribution in [0.15, 0.2) is 54.6 Å². The molecule has 0 aliphatic carbocycles. The van der Waals surface area contributed by atoms with E-state index in [2.05, 4.69) is 30.3 Å². The van der Waals surface area contributed by atoms with Crippen molar-refractivity contribution in [3.05, 3.63) is 65.7 Å². The van der Waals surface area contributed by atoms with Gasteiger partial charge in [0.25, 0.3) is 5.91 Å². The molecule has 4 heteroatoms. The molecule has 0 saturated carbocycles. The Kier molecular flexibility index (Phi) is 7.85. The molecule has 0 N–H and O–H groups in total. The van der Waals surface area contributed by atoms with Crippen molar-refractivity contribution in [2.75, 3.05) is 19.7 Å². The number of Topliss-reactive ketones (excluding diaryl/α,β-unsaturated/α-hetero) is 1. The fraction of sp³-hybridized carbons (Fsp3) is 0.440. The maximum atomic E-state index is 12.5. The molecule has 1 aliphatic rings. The number of aryl methyl sites for hydroxylation is 2. The fourth-order valence-corrected chi connectivity index (χ4v) is 3.80. The molecular weight excluding hydrogens is 362 g/mol. The summed E-state index contributed by atoms with van der Waals surface area (Å²) in [5.74, 6) is 1.65. The number of nitrogens with zero attached hydrogens (tertiary/aromatic N) is 1. The molecule has 2 aromatic carbocycles. The molecule has 1 fully saturated rings. The van der Waals surface area contributed by atoms with Crippen LogP contribution < -0.4 is 4.74 Å². The Balaban J connectivity index is 1.35. The summed E-state index contributed by atoms with van der Waals surface area (Å²) in [5.41, 5.74) is 2.50. The second kappa shape index (κ2) is 10.8. The normalized spacial score (nSPS) is 14.6. The Morgan fingerprint density at radius 2 is 1.59 bits per heavy atom. The zero-order valence-electron chi connectivity index (χ0n) is 17.3. The molecule has 3 rings (SSSR count). The van der Waals surface area contributed by atoms with E-state index in [9.17, 15) is 9.59 Å². The Labute approximate surface area is 173 Å². The second-order valence-electron chi connectivity index (χ2n) is 7.98. The van der Waals surface area contributed by atoms with Crippen molar-refractivity contribution in [2.24, 2.45) is 5.92 Å². The SMILES string of the molecule is CC(=O)CCc1ccc(OCC(=O)N2CCC(CCc3ccccc3)CC2)cc1. The van der Waals surface area contributed by atoms with Gasteiger partial charge >= 0.3 is 0 Å². The third-order valence-electron chi connectivity index (χ3n) is 5.70. The number of ether oxygens (including phenoxy) is 1. The molecule has 2 aromatic rings. The summed E-state index contributed by atoms with van der Waals surface area (Å²) in [6.07, 6.45) is 5.75. The van der Waals surface area contributed by atoms with Crippen LogP contribution in [0.1, 0.15) is 43.7 Å². The number of piperidine rings is 1. The zero-order valence-corrected chi connectivity index (χ0v) is 17.3. The fourth-order valence-electron chi connectivity index (χ4n) is 3.80. The maximum Gasteiger partial charge on any atom is 0.260 e. The molecule has 1 aliphatic heterocycles. The summed E-state index contributed by atoms with van der Waals surface area (Å²) in [7, 11) is 0. The third kappa shape index (κ3) is 7.04.